The molecule has 0 aliphatic heterocycles. The number of oxazole rings is 1. The van der Waals surface area contributed by atoms with E-state index in [4.69, 9.17) is 21.1 Å². The number of aromatic nitrogens is 1. The molecule has 0 atom stereocenters. The molecule has 0 bridgehead atoms. The number of hydrogen-bond acceptors (Lipinski definition) is 4. The van der Waals surface area contributed by atoms with Crippen molar-refractivity contribution in [2.45, 2.75) is 6.54 Å². The summed E-state index contributed by atoms with van der Waals surface area (Å²) in [7, 11) is 1.69. The molecule has 2 rings (SSSR count). The Morgan fingerprint density at radius 3 is 2.74 bits per heavy atom. The second-order valence-electron chi connectivity index (χ2n) is 4.19. The quantitative estimate of drug-likeness (QED) is 0.911. The van der Waals surface area contributed by atoms with Crippen molar-refractivity contribution in [1.82, 2.24) is 9.88 Å². The van der Waals surface area contributed by atoms with Crippen molar-refractivity contribution in [3.05, 3.63) is 41.4 Å². The summed E-state index contributed by atoms with van der Waals surface area (Å²) in [6.07, 6.45) is 1.62. The molecule has 0 aliphatic carbocycles. The van der Waals surface area contributed by atoms with E-state index in [1.54, 1.807) is 30.3 Å². The van der Waals surface area contributed by atoms with Crippen LogP contribution in [0.2, 0.25) is 5.02 Å². The van der Waals surface area contributed by atoms with E-state index in [0.717, 1.165) is 5.56 Å². The Kier molecular flexibility index (Phi) is 4.19. The summed E-state index contributed by atoms with van der Waals surface area (Å²) in [6, 6.07) is 7.23. The lowest BCUT2D eigenvalue weighted by atomic mass is 10.2. The van der Waals surface area contributed by atoms with Gasteiger partial charge in [0.1, 0.15) is 0 Å². The van der Waals surface area contributed by atoms with Gasteiger partial charge in [0.15, 0.2) is 5.76 Å². The molecule has 0 fully saturated rings. The van der Waals surface area contributed by atoms with Gasteiger partial charge in [0.25, 0.3) is 0 Å². The van der Waals surface area contributed by atoms with E-state index in [1.807, 2.05) is 12.1 Å². The standard InChI is InChI=1S/C13H13ClN2O3/c1-16(8-13(17)18)7-12-15-6-11(19-12)9-2-4-10(14)5-3-9/h2-6H,7-8H2,1H3,(H,17,18). The fourth-order valence-corrected chi connectivity index (χ4v) is 1.77. The fourth-order valence-electron chi connectivity index (χ4n) is 1.65. The Morgan fingerprint density at radius 1 is 1.42 bits per heavy atom. The van der Waals surface area contributed by atoms with Crippen LogP contribution in [0.1, 0.15) is 5.89 Å². The molecule has 100 valence electrons. The third-order valence-corrected chi connectivity index (χ3v) is 2.74. The number of benzene rings is 1. The highest BCUT2D eigenvalue weighted by Crippen LogP contribution is 2.22. The fraction of sp³-hybridized carbons (Fsp3) is 0.231. The first-order chi connectivity index (χ1) is 9.04. The maximum absolute atomic E-state index is 10.6. The first kappa shape index (κ1) is 13.6. The molecule has 1 aromatic carbocycles. The summed E-state index contributed by atoms with van der Waals surface area (Å²) in [6.45, 7) is 0.290. The molecule has 1 N–H and O–H groups in total. The van der Waals surface area contributed by atoms with Crippen LogP contribution in [0.5, 0.6) is 0 Å². The minimum atomic E-state index is -0.882. The zero-order valence-corrected chi connectivity index (χ0v) is 11.1. The Balaban J connectivity index is 2.06. The molecule has 1 aromatic heterocycles. The minimum Gasteiger partial charge on any atom is -0.480 e. The van der Waals surface area contributed by atoms with Gasteiger partial charge in [0.2, 0.25) is 5.89 Å². The smallest absolute Gasteiger partial charge is 0.317 e. The van der Waals surface area contributed by atoms with Gasteiger partial charge in [-0.2, -0.15) is 0 Å². The summed E-state index contributed by atoms with van der Waals surface area (Å²) >= 11 is 5.81. The van der Waals surface area contributed by atoms with Crippen molar-refractivity contribution in [3.63, 3.8) is 0 Å². The first-order valence-electron chi connectivity index (χ1n) is 5.65. The number of aliphatic carboxylic acids is 1. The van der Waals surface area contributed by atoms with Crippen LogP contribution in [-0.2, 0) is 11.3 Å². The number of nitrogens with zero attached hydrogens (tertiary/aromatic N) is 2. The Hall–Kier alpha value is -1.85. The predicted molar refractivity (Wildman–Crippen MR) is 70.9 cm³/mol. The highest BCUT2D eigenvalue weighted by Gasteiger charge is 2.10. The highest BCUT2D eigenvalue weighted by atomic mass is 35.5. The number of carbonyl (C=O) groups is 1. The largest absolute Gasteiger partial charge is 0.480 e. The lowest BCUT2D eigenvalue weighted by Crippen LogP contribution is -2.25. The summed E-state index contributed by atoms with van der Waals surface area (Å²) < 4.78 is 5.57. The zero-order valence-electron chi connectivity index (χ0n) is 10.3. The van der Waals surface area contributed by atoms with Crippen LogP contribution in [-0.4, -0.2) is 34.6 Å². The third kappa shape index (κ3) is 3.81. The van der Waals surface area contributed by atoms with Crippen LogP contribution < -0.4 is 0 Å². The lowest BCUT2D eigenvalue weighted by Gasteiger charge is -2.10. The second kappa shape index (κ2) is 5.86. The minimum absolute atomic E-state index is 0.0569. The van der Waals surface area contributed by atoms with Gasteiger partial charge in [-0.1, -0.05) is 11.6 Å². The van der Waals surface area contributed by atoms with Crippen LogP contribution in [0, 0.1) is 0 Å². The van der Waals surface area contributed by atoms with E-state index in [-0.39, 0.29) is 6.54 Å². The molecule has 5 nitrogen and oxygen atoms in total. The molecule has 0 unspecified atom stereocenters. The Bertz CT molecular complexity index is 566. The van der Waals surface area contributed by atoms with E-state index in [2.05, 4.69) is 4.98 Å². The molecule has 0 saturated heterocycles. The summed E-state index contributed by atoms with van der Waals surface area (Å²) in [5.74, 6) is 0.232. The van der Waals surface area contributed by atoms with Crippen LogP contribution in [0.15, 0.2) is 34.9 Å². The number of hydrogen-bond donors (Lipinski definition) is 1. The van der Waals surface area contributed by atoms with Gasteiger partial charge in [-0.05, 0) is 31.3 Å². The number of likely N-dealkylation sites (N-methyl/N-ethyl adjacent to an activating group) is 1. The number of carboxylic acid groups (broad SMARTS) is 1. The van der Waals surface area contributed by atoms with E-state index >= 15 is 0 Å². The van der Waals surface area contributed by atoms with Gasteiger partial charge in [-0.25, -0.2) is 4.98 Å². The molecule has 0 amide bonds. The number of carboxylic acids is 1. The predicted octanol–water partition coefficient (Wildman–Crippen LogP) is 2.51. The van der Waals surface area contributed by atoms with E-state index in [1.165, 1.54) is 0 Å². The van der Waals surface area contributed by atoms with Crippen molar-refractivity contribution in [2.24, 2.45) is 0 Å². The molecule has 19 heavy (non-hydrogen) atoms. The normalized spacial score (nSPS) is 10.9. The van der Waals surface area contributed by atoms with Gasteiger partial charge in [0.05, 0.1) is 19.3 Å². The van der Waals surface area contributed by atoms with Crippen LogP contribution in [0.4, 0.5) is 0 Å². The average molecular weight is 281 g/mol. The maximum Gasteiger partial charge on any atom is 0.317 e. The highest BCUT2D eigenvalue weighted by molar-refractivity contribution is 6.30. The van der Waals surface area contributed by atoms with Gasteiger partial charge >= 0.3 is 5.97 Å². The number of halogens is 1. The molecule has 0 aliphatic rings. The molecular formula is C13H13ClN2O3. The Morgan fingerprint density at radius 2 is 2.11 bits per heavy atom. The summed E-state index contributed by atoms with van der Waals surface area (Å²) in [5, 5.41) is 9.32. The molecular weight excluding hydrogens is 268 g/mol. The van der Waals surface area contributed by atoms with Crippen molar-refractivity contribution in [1.29, 1.82) is 0 Å². The molecule has 1 heterocycles. The monoisotopic (exact) mass is 280 g/mol. The van der Waals surface area contributed by atoms with E-state index in [9.17, 15) is 4.79 Å². The van der Waals surface area contributed by atoms with Crippen LogP contribution in [0.25, 0.3) is 11.3 Å². The van der Waals surface area contributed by atoms with Gasteiger partial charge < -0.3 is 9.52 Å². The topological polar surface area (TPSA) is 66.6 Å². The summed E-state index contributed by atoms with van der Waals surface area (Å²) in [4.78, 5) is 16.3. The molecule has 6 heteroatoms. The molecule has 2 aromatic rings. The molecule has 0 spiro atoms. The number of rotatable bonds is 5. The Labute approximate surface area is 115 Å². The molecule has 0 radical (unpaired) electrons. The zero-order chi connectivity index (χ0) is 13.8. The van der Waals surface area contributed by atoms with E-state index in [0.29, 0.717) is 23.2 Å². The maximum atomic E-state index is 10.6. The van der Waals surface area contributed by atoms with Gasteiger partial charge in [0, 0.05) is 10.6 Å². The first-order valence-corrected chi connectivity index (χ1v) is 6.03. The van der Waals surface area contributed by atoms with Crippen LogP contribution >= 0.6 is 11.6 Å². The van der Waals surface area contributed by atoms with Crippen molar-refractivity contribution in [2.75, 3.05) is 13.6 Å². The van der Waals surface area contributed by atoms with E-state index < -0.39 is 5.97 Å². The molecule has 0 saturated carbocycles. The lowest BCUT2D eigenvalue weighted by molar-refractivity contribution is -0.138. The third-order valence-electron chi connectivity index (χ3n) is 2.49. The van der Waals surface area contributed by atoms with Crippen molar-refractivity contribution in [3.8, 4) is 11.3 Å². The summed E-state index contributed by atoms with van der Waals surface area (Å²) in [5.41, 5.74) is 0.879. The van der Waals surface area contributed by atoms with Crippen LogP contribution in [0.3, 0.4) is 0 Å². The van der Waals surface area contributed by atoms with Crippen molar-refractivity contribution < 1.29 is 14.3 Å². The van der Waals surface area contributed by atoms with Gasteiger partial charge in [-0.3, -0.25) is 9.69 Å². The van der Waals surface area contributed by atoms with Gasteiger partial charge in [-0.15, -0.1) is 0 Å². The van der Waals surface area contributed by atoms with Crippen molar-refractivity contribution >= 4 is 17.6 Å². The average Bonchev–Trinajstić information content (AvgIpc) is 2.77. The second-order valence-corrected chi connectivity index (χ2v) is 4.63. The SMILES string of the molecule is CN(CC(=O)O)Cc1ncc(-c2ccc(Cl)cc2)o1.